The van der Waals surface area contributed by atoms with Crippen LogP contribution in [0, 0.1) is 0 Å². The average molecular weight is 256 g/mol. The minimum absolute atomic E-state index is 0.0273. The molecule has 0 rings (SSSR count). The molecule has 0 aliphatic rings. The number of ether oxygens (including phenoxy) is 1. The third-order valence-electron chi connectivity index (χ3n) is 0.883. The standard InChI is InChI=1S/C7H12O2Te/c1-4-9-7(8)6(2)5-10-3/h2,4-5H2,1,3H3. The van der Waals surface area contributed by atoms with Gasteiger partial charge in [-0.2, -0.15) is 0 Å². The molecule has 0 heterocycles. The Kier molecular flexibility index (Phi) is 5.76. The molecule has 3 heteroatoms. The summed E-state index contributed by atoms with van der Waals surface area (Å²) in [6, 6.07) is 0. The molecule has 0 unspecified atom stereocenters. The fourth-order valence-corrected chi connectivity index (χ4v) is 1.80. The van der Waals surface area contributed by atoms with Crippen LogP contribution in [0.1, 0.15) is 6.92 Å². The van der Waals surface area contributed by atoms with Gasteiger partial charge in [-0.3, -0.25) is 0 Å². The topological polar surface area (TPSA) is 26.3 Å². The zero-order chi connectivity index (χ0) is 7.98. The van der Waals surface area contributed by atoms with Gasteiger partial charge in [0.2, 0.25) is 0 Å². The Morgan fingerprint density at radius 1 is 1.70 bits per heavy atom. The summed E-state index contributed by atoms with van der Waals surface area (Å²) in [5.41, 5.74) is 0.631. The average Bonchev–Trinajstić information content (AvgIpc) is 1.89. The SMILES string of the molecule is C=C(C[Te]C)C(=O)OCC. The minimum atomic E-state index is -0.227. The Balaban J connectivity index is 3.60. The van der Waals surface area contributed by atoms with Gasteiger partial charge in [0.1, 0.15) is 0 Å². The fraction of sp³-hybridized carbons (Fsp3) is 0.571. The van der Waals surface area contributed by atoms with E-state index in [1.807, 2.05) is 0 Å². The molecule has 0 aliphatic heterocycles. The first-order chi connectivity index (χ1) is 4.72. The Bertz CT molecular complexity index is 116. The van der Waals surface area contributed by atoms with E-state index in [1.165, 1.54) is 0 Å². The van der Waals surface area contributed by atoms with Crippen molar-refractivity contribution in [1.29, 1.82) is 0 Å². The molecular formula is C7H12O2Te. The zero-order valence-corrected chi connectivity index (χ0v) is 8.68. The number of hydrogen-bond donors (Lipinski definition) is 0. The molecule has 0 saturated heterocycles. The molecule has 0 aromatic carbocycles. The van der Waals surface area contributed by atoms with Gasteiger partial charge in [-0.15, -0.1) is 0 Å². The summed E-state index contributed by atoms with van der Waals surface area (Å²) in [5, 5.41) is 0. The second-order valence-corrected chi connectivity index (χ2v) is 4.23. The molecule has 0 bridgehead atoms. The van der Waals surface area contributed by atoms with E-state index in [-0.39, 0.29) is 26.9 Å². The monoisotopic (exact) mass is 258 g/mol. The van der Waals surface area contributed by atoms with E-state index in [0.717, 1.165) is 4.47 Å². The molecule has 2 nitrogen and oxygen atoms in total. The van der Waals surface area contributed by atoms with E-state index in [1.54, 1.807) is 6.92 Å². The summed E-state index contributed by atoms with van der Waals surface area (Å²) in [5.74, 6) is -0.227. The molecule has 0 aromatic rings. The molecule has 0 atom stereocenters. The van der Waals surface area contributed by atoms with E-state index >= 15 is 0 Å². The number of rotatable bonds is 4. The number of carbonyl (C=O) groups excluding carboxylic acids is 1. The Morgan fingerprint density at radius 2 is 2.30 bits per heavy atom. The molecule has 0 saturated carbocycles. The molecule has 0 aromatic heterocycles. The molecule has 58 valence electrons. The van der Waals surface area contributed by atoms with Gasteiger partial charge in [-0.1, -0.05) is 0 Å². The summed E-state index contributed by atoms with van der Waals surface area (Å²) in [6.07, 6.45) is 0. The van der Waals surface area contributed by atoms with E-state index in [4.69, 9.17) is 4.74 Å². The van der Waals surface area contributed by atoms with Crippen LogP contribution in [0.3, 0.4) is 0 Å². The van der Waals surface area contributed by atoms with E-state index in [2.05, 4.69) is 11.6 Å². The van der Waals surface area contributed by atoms with Crippen LogP contribution in [-0.2, 0) is 9.53 Å². The van der Waals surface area contributed by atoms with Gasteiger partial charge in [-0.05, 0) is 0 Å². The molecule has 0 radical (unpaired) electrons. The normalized spacial score (nSPS) is 9.00. The first kappa shape index (κ1) is 10.00. The quantitative estimate of drug-likeness (QED) is 0.430. The van der Waals surface area contributed by atoms with Crippen LogP contribution in [0.15, 0.2) is 12.2 Å². The van der Waals surface area contributed by atoms with Gasteiger partial charge in [0.25, 0.3) is 0 Å². The molecule has 0 aliphatic carbocycles. The summed E-state index contributed by atoms with van der Waals surface area (Å²) < 4.78 is 5.60. The van der Waals surface area contributed by atoms with Crippen molar-refractivity contribution in [2.45, 2.75) is 16.4 Å². The molecule has 0 fully saturated rings. The molecule has 0 amide bonds. The van der Waals surface area contributed by atoms with Crippen LogP contribution >= 0.6 is 0 Å². The first-order valence-corrected chi connectivity index (χ1v) is 7.04. The second-order valence-electron chi connectivity index (χ2n) is 1.76. The number of carbonyl (C=O) groups is 1. The maximum absolute atomic E-state index is 10.8. The van der Waals surface area contributed by atoms with Gasteiger partial charge >= 0.3 is 71.5 Å². The van der Waals surface area contributed by atoms with Crippen LogP contribution in [0.25, 0.3) is 0 Å². The first-order valence-electron chi connectivity index (χ1n) is 3.06. The zero-order valence-electron chi connectivity index (χ0n) is 6.35. The molecular weight excluding hydrogens is 244 g/mol. The van der Waals surface area contributed by atoms with Crippen LogP contribution < -0.4 is 0 Å². The maximum atomic E-state index is 10.8. The Labute approximate surface area is 71.7 Å². The van der Waals surface area contributed by atoms with Gasteiger partial charge < -0.3 is 0 Å². The van der Waals surface area contributed by atoms with Crippen molar-refractivity contribution in [2.75, 3.05) is 6.61 Å². The van der Waals surface area contributed by atoms with Crippen LogP contribution in [0.2, 0.25) is 9.44 Å². The van der Waals surface area contributed by atoms with Gasteiger partial charge in [0, 0.05) is 0 Å². The van der Waals surface area contributed by atoms with E-state index in [9.17, 15) is 4.79 Å². The molecule has 0 N–H and O–H groups in total. The van der Waals surface area contributed by atoms with Crippen molar-refractivity contribution in [3.05, 3.63) is 12.2 Å². The van der Waals surface area contributed by atoms with Crippen molar-refractivity contribution in [2.24, 2.45) is 0 Å². The third-order valence-corrected chi connectivity index (χ3v) is 2.70. The van der Waals surface area contributed by atoms with Crippen LogP contribution in [-0.4, -0.2) is 33.5 Å². The second kappa shape index (κ2) is 5.76. The van der Waals surface area contributed by atoms with Gasteiger partial charge in [-0.25, -0.2) is 0 Å². The van der Waals surface area contributed by atoms with E-state index in [0.29, 0.717) is 12.2 Å². The number of esters is 1. The predicted octanol–water partition coefficient (Wildman–Crippen LogP) is 1.28. The van der Waals surface area contributed by atoms with E-state index < -0.39 is 0 Å². The molecule has 10 heavy (non-hydrogen) atoms. The van der Waals surface area contributed by atoms with Crippen molar-refractivity contribution in [1.82, 2.24) is 0 Å². The van der Waals surface area contributed by atoms with Crippen molar-refractivity contribution in [3.8, 4) is 0 Å². The summed E-state index contributed by atoms with van der Waals surface area (Å²) in [4.78, 5) is 13.0. The summed E-state index contributed by atoms with van der Waals surface area (Å²) in [6.45, 7) is 5.87. The van der Waals surface area contributed by atoms with Crippen molar-refractivity contribution >= 4 is 26.9 Å². The fourth-order valence-electron chi connectivity index (χ4n) is 0.466. The van der Waals surface area contributed by atoms with Crippen molar-refractivity contribution < 1.29 is 9.53 Å². The van der Waals surface area contributed by atoms with Crippen LogP contribution in [0.4, 0.5) is 0 Å². The molecule has 0 spiro atoms. The summed E-state index contributed by atoms with van der Waals surface area (Å²) >= 11 is -0.0273. The number of hydrogen-bond acceptors (Lipinski definition) is 2. The summed E-state index contributed by atoms with van der Waals surface area (Å²) in [7, 11) is 0. The Hall–Kier alpha value is -0.000390. The Morgan fingerprint density at radius 3 is 2.70 bits per heavy atom. The van der Waals surface area contributed by atoms with Gasteiger partial charge in [0.15, 0.2) is 0 Å². The third kappa shape index (κ3) is 3.92. The van der Waals surface area contributed by atoms with Crippen LogP contribution in [0.5, 0.6) is 0 Å². The predicted molar refractivity (Wildman–Crippen MR) is 42.2 cm³/mol. The van der Waals surface area contributed by atoms with Crippen molar-refractivity contribution in [3.63, 3.8) is 0 Å². The van der Waals surface area contributed by atoms with Gasteiger partial charge in [0.05, 0.1) is 0 Å².